The fraction of sp³-hybridized carbons (Fsp3) is 0.107. The number of carbonyl (C=O) groups is 2. The molecule has 3 aromatic carbocycles. The van der Waals surface area contributed by atoms with Crippen LogP contribution in [-0.4, -0.2) is 17.9 Å². The lowest BCUT2D eigenvalue weighted by Crippen LogP contribution is -2.35. The molecule has 8 heteroatoms. The standard InChI is InChI=1S/C28H21Cl2N3O3/c29-21-15-23(30)27-20(14-26(34)32-22-10-8-18(9-11-22)7-4-12-31)13-25(33-24(27)16-21)28(35)36-17-19-5-2-1-3-6-19/h1-11,14-16,25,33H,13,17H2,(H,32,34)/b7-4+,20-14+. The van der Waals surface area contributed by atoms with Gasteiger partial charge in [0.1, 0.15) is 12.6 Å². The van der Waals surface area contributed by atoms with Crippen LogP contribution < -0.4 is 10.6 Å². The van der Waals surface area contributed by atoms with E-state index < -0.39 is 12.0 Å². The largest absolute Gasteiger partial charge is 0.459 e. The Morgan fingerprint density at radius 1 is 1.11 bits per heavy atom. The van der Waals surface area contributed by atoms with E-state index in [2.05, 4.69) is 10.6 Å². The van der Waals surface area contributed by atoms with Crippen LogP contribution >= 0.6 is 23.2 Å². The summed E-state index contributed by atoms with van der Waals surface area (Å²) in [4.78, 5) is 25.7. The molecule has 1 aliphatic rings. The van der Waals surface area contributed by atoms with Gasteiger partial charge in [0.25, 0.3) is 0 Å². The first-order valence-electron chi connectivity index (χ1n) is 11.1. The van der Waals surface area contributed by atoms with E-state index in [1.165, 1.54) is 12.2 Å². The molecule has 0 spiro atoms. The summed E-state index contributed by atoms with van der Waals surface area (Å²) in [6.45, 7) is 0.139. The minimum absolute atomic E-state index is 0.139. The van der Waals surface area contributed by atoms with Crippen molar-refractivity contribution >= 4 is 58.1 Å². The van der Waals surface area contributed by atoms with Crippen molar-refractivity contribution in [3.8, 4) is 6.07 Å². The highest BCUT2D eigenvalue weighted by Gasteiger charge is 2.30. The van der Waals surface area contributed by atoms with Gasteiger partial charge in [0.05, 0.1) is 11.1 Å². The second-order valence-corrected chi connectivity index (χ2v) is 8.89. The first kappa shape index (κ1) is 25.1. The van der Waals surface area contributed by atoms with Crippen molar-refractivity contribution in [2.45, 2.75) is 19.1 Å². The smallest absolute Gasteiger partial charge is 0.329 e. The number of allylic oxidation sites excluding steroid dienone is 1. The number of ether oxygens (including phenoxy) is 1. The van der Waals surface area contributed by atoms with Gasteiger partial charge in [-0.15, -0.1) is 0 Å². The number of esters is 1. The monoisotopic (exact) mass is 517 g/mol. The van der Waals surface area contributed by atoms with E-state index in [9.17, 15) is 9.59 Å². The summed E-state index contributed by atoms with van der Waals surface area (Å²) in [5.41, 5.74) is 4.03. The van der Waals surface area contributed by atoms with Crippen molar-refractivity contribution < 1.29 is 14.3 Å². The van der Waals surface area contributed by atoms with Gasteiger partial charge in [-0.05, 0) is 47.0 Å². The van der Waals surface area contributed by atoms with Crippen LogP contribution in [0.25, 0.3) is 11.6 Å². The summed E-state index contributed by atoms with van der Waals surface area (Å²) in [5, 5.41) is 15.4. The van der Waals surface area contributed by atoms with Crippen LogP contribution in [0.4, 0.5) is 11.4 Å². The SMILES string of the molecule is N#C/C=C/c1ccc(NC(=O)/C=C2\CC(C(=O)OCc3ccccc3)Nc3cc(Cl)cc(Cl)c32)cc1. The Kier molecular flexibility index (Phi) is 8.06. The van der Waals surface area contributed by atoms with Gasteiger partial charge in [0.2, 0.25) is 5.91 Å². The number of nitrogens with one attached hydrogen (secondary N) is 2. The molecule has 6 nitrogen and oxygen atoms in total. The normalized spacial score (nSPS) is 15.6. The van der Waals surface area contributed by atoms with Gasteiger partial charge in [-0.25, -0.2) is 4.79 Å². The number of carbonyl (C=O) groups excluding carboxylic acids is 2. The fourth-order valence-electron chi connectivity index (χ4n) is 3.82. The van der Waals surface area contributed by atoms with Crippen LogP contribution in [0.15, 0.2) is 78.9 Å². The molecule has 1 atom stereocenters. The predicted molar refractivity (Wildman–Crippen MR) is 142 cm³/mol. The number of fused-ring (bicyclic) bond motifs is 1. The lowest BCUT2D eigenvalue weighted by atomic mass is 9.91. The lowest BCUT2D eigenvalue weighted by Gasteiger charge is -2.28. The zero-order valence-corrected chi connectivity index (χ0v) is 20.5. The highest BCUT2D eigenvalue weighted by Crippen LogP contribution is 2.40. The van der Waals surface area contributed by atoms with Crippen molar-refractivity contribution in [2.75, 3.05) is 10.6 Å². The molecule has 1 aliphatic heterocycles. The highest BCUT2D eigenvalue weighted by molar-refractivity contribution is 6.36. The summed E-state index contributed by atoms with van der Waals surface area (Å²) >= 11 is 12.7. The number of anilines is 2. The molecule has 0 saturated carbocycles. The Labute approximate surface area is 218 Å². The van der Waals surface area contributed by atoms with Gasteiger partial charge in [-0.2, -0.15) is 5.26 Å². The Hall–Kier alpha value is -4.05. The second-order valence-electron chi connectivity index (χ2n) is 8.05. The molecule has 0 bridgehead atoms. The molecule has 0 aromatic heterocycles. The van der Waals surface area contributed by atoms with Crippen LogP contribution in [0.3, 0.4) is 0 Å². The molecule has 1 unspecified atom stereocenters. The van der Waals surface area contributed by atoms with Gasteiger partial charge in [0.15, 0.2) is 0 Å². The molecular weight excluding hydrogens is 497 g/mol. The van der Waals surface area contributed by atoms with Crippen LogP contribution in [0, 0.1) is 11.3 Å². The summed E-state index contributed by atoms with van der Waals surface area (Å²) in [7, 11) is 0. The summed E-state index contributed by atoms with van der Waals surface area (Å²) in [5.74, 6) is -0.825. The van der Waals surface area contributed by atoms with Crippen molar-refractivity contribution in [2.24, 2.45) is 0 Å². The average Bonchev–Trinajstić information content (AvgIpc) is 2.86. The summed E-state index contributed by atoms with van der Waals surface area (Å²) in [6, 6.07) is 20.9. The Morgan fingerprint density at radius 3 is 2.58 bits per heavy atom. The zero-order chi connectivity index (χ0) is 25.5. The number of benzene rings is 3. The van der Waals surface area contributed by atoms with Gasteiger partial charge in [-0.1, -0.05) is 65.7 Å². The Morgan fingerprint density at radius 2 is 1.86 bits per heavy atom. The summed E-state index contributed by atoms with van der Waals surface area (Å²) < 4.78 is 5.51. The number of nitrogens with zero attached hydrogens (tertiary/aromatic N) is 1. The first-order chi connectivity index (χ1) is 17.4. The van der Waals surface area contributed by atoms with E-state index in [-0.39, 0.29) is 18.9 Å². The van der Waals surface area contributed by atoms with Crippen molar-refractivity contribution in [1.82, 2.24) is 0 Å². The van der Waals surface area contributed by atoms with E-state index in [1.54, 1.807) is 42.5 Å². The third-order valence-corrected chi connectivity index (χ3v) is 5.99. The van der Waals surface area contributed by atoms with E-state index in [0.717, 1.165) is 11.1 Å². The molecular formula is C28H21Cl2N3O3. The van der Waals surface area contributed by atoms with E-state index >= 15 is 0 Å². The molecule has 0 radical (unpaired) electrons. The van der Waals surface area contributed by atoms with Crippen LogP contribution in [0.1, 0.15) is 23.1 Å². The van der Waals surface area contributed by atoms with Crippen LogP contribution in [0.5, 0.6) is 0 Å². The number of hydrogen-bond donors (Lipinski definition) is 2. The Balaban J connectivity index is 1.54. The Bertz CT molecular complexity index is 1380. The average molecular weight is 518 g/mol. The minimum Gasteiger partial charge on any atom is -0.459 e. The third kappa shape index (κ3) is 6.33. The maximum absolute atomic E-state index is 12.9. The highest BCUT2D eigenvalue weighted by atomic mass is 35.5. The molecule has 0 fully saturated rings. The number of halogens is 2. The molecule has 2 N–H and O–H groups in total. The maximum atomic E-state index is 12.9. The van der Waals surface area contributed by atoms with Crippen molar-refractivity contribution in [3.05, 3.63) is 106 Å². The molecule has 1 amide bonds. The minimum atomic E-state index is -0.721. The number of rotatable bonds is 6. The third-order valence-electron chi connectivity index (χ3n) is 5.47. The summed E-state index contributed by atoms with van der Waals surface area (Å²) in [6.07, 6.45) is 4.68. The van der Waals surface area contributed by atoms with Crippen LogP contribution in [-0.2, 0) is 20.9 Å². The molecule has 1 heterocycles. The van der Waals surface area contributed by atoms with E-state index in [1.807, 2.05) is 36.4 Å². The van der Waals surface area contributed by atoms with E-state index in [0.29, 0.717) is 32.6 Å². The molecule has 0 saturated heterocycles. The molecule has 36 heavy (non-hydrogen) atoms. The quantitative estimate of drug-likeness (QED) is 0.222. The fourth-order valence-corrected chi connectivity index (χ4v) is 4.44. The van der Waals surface area contributed by atoms with Crippen molar-refractivity contribution in [1.29, 1.82) is 5.26 Å². The number of amides is 1. The van der Waals surface area contributed by atoms with E-state index in [4.69, 9.17) is 33.2 Å². The number of nitriles is 1. The molecule has 4 rings (SSSR count). The topological polar surface area (TPSA) is 91.2 Å². The number of hydrogen-bond acceptors (Lipinski definition) is 5. The molecule has 3 aromatic rings. The van der Waals surface area contributed by atoms with Gasteiger partial charge in [-0.3, -0.25) is 4.79 Å². The van der Waals surface area contributed by atoms with Gasteiger partial charge >= 0.3 is 5.97 Å². The van der Waals surface area contributed by atoms with Crippen LogP contribution in [0.2, 0.25) is 10.0 Å². The zero-order valence-electron chi connectivity index (χ0n) is 19.0. The lowest BCUT2D eigenvalue weighted by molar-refractivity contribution is -0.145. The van der Waals surface area contributed by atoms with Gasteiger partial charge < -0.3 is 15.4 Å². The maximum Gasteiger partial charge on any atom is 0.329 e. The second kappa shape index (κ2) is 11.6. The molecule has 180 valence electrons. The first-order valence-corrected chi connectivity index (χ1v) is 11.8. The van der Waals surface area contributed by atoms with Crippen molar-refractivity contribution in [3.63, 3.8) is 0 Å². The predicted octanol–water partition coefficient (Wildman–Crippen LogP) is 6.48. The molecule has 0 aliphatic carbocycles. The van der Waals surface area contributed by atoms with Gasteiger partial charge in [0, 0.05) is 40.5 Å².